The summed E-state index contributed by atoms with van der Waals surface area (Å²) in [5.41, 5.74) is 1.36. The predicted octanol–water partition coefficient (Wildman–Crippen LogP) is 3.93. The van der Waals surface area contributed by atoms with Gasteiger partial charge in [-0.2, -0.15) is 0 Å². The molecule has 2 aromatic rings. The summed E-state index contributed by atoms with van der Waals surface area (Å²) in [6.45, 7) is 3.65. The normalized spacial score (nSPS) is 15.3. The number of hydrogen-bond donors (Lipinski definition) is 1. The Bertz CT molecular complexity index is 821. The van der Waals surface area contributed by atoms with Crippen molar-refractivity contribution in [1.82, 2.24) is 10.2 Å². The van der Waals surface area contributed by atoms with Crippen molar-refractivity contribution in [2.75, 3.05) is 26.2 Å². The minimum atomic E-state index is -0.529. The van der Waals surface area contributed by atoms with Crippen LogP contribution in [0.2, 0.25) is 5.02 Å². The van der Waals surface area contributed by atoms with E-state index < -0.39 is 4.92 Å². The smallest absolute Gasteiger partial charge is 0.270 e. The number of nitro groups is 1. The first kappa shape index (κ1) is 20.3. The summed E-state index contributed by atoms with van der Waals surface area (Å²) in [6.07, 6.45) is 3.10. The predicted molar refractivity (Wildman–Crippen MR) is 110 cm³/mol. The average molecular weight is 402 g/mol. The summed E-state index contributed by atoms with van der Waals surface area (Å²) >= 11 is 6.03. The molecule has 1 aliphatic heterocycles. The lowest BCUT2D eigenvalue weighted by Crippen LogP contribution is -2.39. The van der Waals surface area contributed by atoms with Crippen molar-refractivity contribution in [2.24, 2.45) is 5.92 Å². The van der Waals surface area contributed by atoms with Gasteiger partial charge in [-0.1, -0.05) is 41.9 Å². The number of carbonyl (C=O) groups excluding carboxylic acids is 1. The van der Waals surface area contributed by atoms with Crippen LogP contribution in [0.25, 0.3) is 0 Å². The van der Waals surface area contributed by atoms with Crippen molar-refractivity contribution >= 4 is 23.2 Å². The molecule has 1 aliphatic rings. The summed E-state index contributed by atoms with van der Waals surface area (Å²) < 4.78 is 0. The van der Waals surface area contributed by atoms with Gasteiger partial charge in [-0.25, -0.2) is 0 Å². The molecule has 1 saturated heterocycles. The lowest BCUT2D eigenvalue weighted by molar-refractivity contribution is -0.384. The quantitative estimate of drug-likeness (QED) is 0.563. The number of nitrogens with zero attached hydrogens (tertiary/aromatic N) is 2. The van der Waals surface area contributed by atoms with E-state index in [-0.39, 0.29) is 22.2 Å². The number of hydrogen-bond acceptors (Lipinski definition) is 4. The van der Waals surface area contributed by atoms with E-state index in [0.717, 1.165) is 38.9 Å². The number of halogens is 1. The highest BCUT2D eigenvalue weighted by atomic mass is 35.5. The zero-order valence-corrected chi connectivity index (χ0v) is 16.4. The van der Waals surface area contributed by atoms with Crippen molar-refractivity contribution < 1.29 is 9.72 Å². The number of rotatable bonds is 7. The van der Waals surface area contributed by atoms with Gasteiger partial charge in [0.2, 0.25) is 0 Å². The maximum absolute atomic E-state index is 12.4. The summed E-state index contributed by atoms with van der Waals surface area (Å²) in [5.74, 6) is 0.0506. The zero-order chi connectivity index (χ0) is 19.9. The Hall–Kier alpha value is -2.44. The van der Waals surface area contributed by atoms with E-state index in [1.54, 1.807) is 0 Å². The van der Waals surface area contributed by atoms with Gasteiger partial charge in [0.25, 0.3) is 11.6 Å². The first-order valence-corrected chi connectivity index (χ1v) is 9.89. The molecular formula is C21H24ClN3O3. The molecule has 28 heavy (non-hydrogen) atoms. The summed E-state index contributed by atoms with van der Waals surface area (Å²) in [5, 5.41) is 14.0. The van der Waals surface area contributed by atoms with Gasteiger partial charge >= 0.3 is 0 Å². The van der Waals surface area contributed by atoms with Gasteiger partial charge in [0.05, 0.1) is 15.5 Å². The third kappa shape index (κ3) is 5.53. The fourth-order valence-corrected chi connectivity index (χ4v) is 3.68. The van der Waals surface area contributed by atoms with Gasteiger partial charge in [-0.15, -0.1) is 0 Å². The number of carbonyl (C=O) groups is 1. The largest absolute Gasteiger partial charge is 0.352 e. The average Bonchev–Trinajstić information content (AvgIpc) is 2.72. The van der Waals surface area contributed by atoms with Gasteiger partial charge in [0, 0.05) is 25.2 Å². The Balaban J connectivity index is 1.43. The third-order valence-electron chi connectivity index (χ3n) is 5.22. The van der Waals surface area contributed by atoms with E-state index in [9.17, 15) is 14.9 Å². The van der Waals surface area contributed by atoms with E-state index in [0.29, 0.717) is 12.5 Å². The molecule has 148 valence electrons. The minimum absolute atomic E-state index is 0.138. The van der Waals surface area contributed by atoms with E-state index >= 15 is 0 Å². The monoisotopic (exact) mass is 401 g/mol. The van der Waals surface area contributed by atoms with Crippen LogP contribution in [0.3, 0.4) is 0 Å². The highest BCUT2D eigenvalue weighted by molar-refractivity contribution is 6.33. The number of nitro benzene ring substituents is 1. The van der Waals surface area contributed by atoms with Crippen molar-refractivity contribution in [3.8, 4) is 0 Å². The van der Waals surface area contributed by atoms with Crippen LogP contribution in [0.5, 0.6) is 0 Å². The molecule has 0 aromatic heterocycles. The fourth-order valence-electron chi connectivity index (χ4n) is 3.48. The number of benzene rings is 2. The van der Waals surface area contributed by atoms with Crippen molar-refractivity contribution in [1.29, 1.82) is 0 Å². The topological polar surface area (TPSA) is 75.5 Å². The highest BCUT2D eigenvalue weighted by Gasteiger charge is 2.21. The molecule has 0 aliphatic carbocycles. The van der Waals surface area contributed by atoms with Crippen LogP contribution in [-0.4, -0.2) is 41.9 Å². The van der Waals surface area contributed by atoms with E-state index in [1.165, 1.54) is 23.8 Å². The lowest BCUT2D eigenvalue weighted by Gasteiger charge is -2.32. The lowest BCUT2D eigenvalue weighted by atomic mass is 9.96. The molecule has 0 radical (unpaired) electrons. The number of likely N-dealkylation sites (tertiary alicyclic amines) is 1. The van der Waals surface area contributed by atoms with Crippen LogP contribution in [0, 0.1) is 16.0 Å². The standard InChI is InChI=1S/C21H24ClN3O3/c22-20-7-6-18(25(27)28)14-19(20)21(26)23-15-17-9-12-24(13-10-17)11-8-16-4-2-1-3-5-16/h1-7,14,17H,8-13,15H2,(H,23,26). The molecule has 0 spiro atoms. The zero-order valence-electron chi connectivity index (χ0n) is 15.6. The molecule has 1 N–H and O–H groups in total. The molecule has 6 nitrogen and oxygen atoms in total. The number of non-ortho nitro benzene ring substituents is 1. The summed E-state index contributed by atoms with van der Waals surface area (Å²) in [7, 11) is 0. The molecule has 2 aromatic carbocycles. The number of piperidine rings is 1. The second-order valence-corrected chi connectivity index (χ2v) is 7.56. The molecule has 3 rings (SSSR count). The molecule has 7 heteroatoms. The number of nitrogens with one attached hydrogen (secondary N) is 1. The van der Waals surface area contributed by atoms with Gasteiger partial charge < -0.3 is 10.2 Å². The Labute approximate surface area is 169 Å². The Morgan fingerprint density at radius 3 is 2.57 bits per heavy atom. The second-order valence-electron chi connectivity index (χ2n) is 7.15. The number of amides is 1. The van der Waals surface area contributed by atoms with Crippen LogP contribution >= 0.6 is 11.6 Å². The minimum Gasteiger partial charge on any atom is -0.352 e. The molecule has 0 unspecified atom stereocenters. The third-order valence-corrected chi connectivity index (χ3v) is 5.55. The van der Waals surface area contributed by atoms with Crippen LogP contribution in [0.4, 0.5) is 5.69 Å². The van der Waals surface area contributed by atoms with E-state index in [1.807, 2.05) is 6.07 Å². The molecule has 0 bridgehead atoms. The molecule has 1 heterocycles. The fraction of sp³-hybridized carbons (Fsp3) is 0.381. The van der Waals surface area contributed by atoms with Crippen LogP contribution in [0.15, 0.2) is 48.5 Å². The maximum Gasteiger partial charge on any atom is 0.270 e. The van der Waals surface area contributed by atoms with Crippen molar-refractivity contribution in [2.45, 2.75) is 19.3 Å². The molecule has 0 saturated carbocycles. The van der Waals surface area contributed by atoms with Gasteiger partial charge in [-0.3, -0.25) is 14.9 Å². The van der Waals surface area contributed by atoms with Crippen LogP contribution in [0.1, 0.15) is 28.8 Å². The van der Waals surface area contributed by atoms with E-state index in [4.69, 9.17) is 11.6 Å². The molecule has 0 atom stereocenters. The van der Waals surface area contributed by atoms with Crippen molar-refractivity contribution in [3.05, 3.63) is 74.8 Å². The van der Waals surface area contributed by atoms with E-state index in [2.05, 4.69) is 34.5 Å². The van der Waals surface area contributed by atoms with Crippen LogP contribution < -0.4 is 5.32 Å². The SMILES string of the molecule is O=C(NCC1CCN(CCc2ccccc2)CC1)c1cc([N+](=O)[O-])ccc1Cl. The maximum atomic E-state index is 12.4. The van der Waals surface area contributed by atoms with Gasteiger partial charge in [-0.05, 0) is 49.9 Å². The Morgan fingerprint density at radius 1 is 1.18 bits per heavy atom. The van der Waals surface area contributed by atoms with Gasteiger partial charge in [0.15, 0.2) is 0 Å². The summed E-state index contributed by atoms with van der Waals surface area (Å²) in [6, 6.07) is 14.4. The summed E-state index contributed by atoms with van der Waals surface area (Å²) in [4.78, 5) is 25.2. The Morgan fingerprint density at radius 2 is 1.89 bits per heavy atom. The van der Waals surface area contributed by atoms with Gasteiger partial charge in [0.1, 0.15) is 0 Å². The first-order chi connectivity index (χ1) is 13.5. The molecule has 1 amide bonds. The highest BCUT2D eigenvalue weighted by Crippen LogP contribution is 2.22. The first-order valence-electron chi connectivity index (χ1n) is 9.51. The second kappa shape index (κ2) is 9.66. The Kier molecular flexibility index (Phi) is 7.01. The molecular weight excluding hydrogens is 378 g/mol. The van der Waals surface area contributed by atoms with Crippen LogP contribution in [-0.2, 0) is 6.42 Å². The molecule has 1 fully saturated rings. The van der Waals surface area contributed by atoms with Crippen molar-refractivity contribution in [3.63, 3.8) is 0 Å².